The largest absolute Gasteiger partial charge is 0.384 e. The first-order chi connectivity index (χ1) is 10.6. The highest BCUT2D eigenvalue weighted by molar-refractivity contribution is 5.94. The number of fused-ring (bicyclic) bond motifs is 1. The number of benzene rings is 2. The number of aryl methyl sites for hydroxylation is 2. The minimum atomic E-state index is 0.0161. The van der Waals surface area contributed by atoms with Crippen molar-refractivity contribution in [3.8, 4) is 0 Å². The van der Waals surface area contributed by atoms with Crippen molar-refractivity contribution in [3.05, 3.63) is 64.7 Å². The maximum atomic E-state index is 12.2. The van der Waals surface area contributed by atoms with Crippen molar-refractivity contribution in [2.45, 2.75) is 26.2 Å². The van der Waals surface area contributed by atoms with Crippen LogP contribution in [0.4, 0.5) is 5.69 Å². The lowest BCUT2D eigenvalue weighted by Crippen LogP contribution is -2.26. The number of carbonyl (C=O) groups is 1. The van der Waals surface area contributed by atoms with Crippen molar-refractivity contribution < 1.29 is 4.79 Å². The molecule has 22 heavy (non-hydrogen) atoms. The number of hydrogen-bond donors (Lipinski definition) is 2. The summed E-state index contributed by atoms with van der Waals surface area (Å²) in [5.74, 6) is 0.499. The highest BCUT2D eigenvalue weighted by Gasteiger charge is 2.21. The fourth-order valence-electron chi connectivity index (χ4n) is 2.96. The van der Waals surface area contributed by atoms with Gasteiger partial charge in [-0.25, -0.2) is 0 Å². The van der Waals surface area contributed by atoms with Crippen LogP contribution >= 0.6 is 0 Å². The van der Waals surface area contributed by atoms with Gasteiger partial charge < -0.3 is 10.6 Å². The van der Waals surface area contributed by atoms with E-state index in [0.29, 0.717) is 12.5 Å². The van der Waals surface area contributed by atoms with Gasteiger partial charge >= 0.3 is 0 Å². The lowest BCUT2D eigenvalue weighted by Gasteiger charge is -2.11. The molecule has 1 heterocycles. The van der Waals surface area contributed by atoms with Crippen LogP contribution in [0.2, 0.25) is 0 Å². The van der Waals surface area contributed by atoms with Gasteiger partial charge in [0.1, 0.15) is 0 Å². The van der Waals surface area contributed by atoms with Crippen molar-refractivity contribution >= 4 is 11.6 Å². The summed E-state index contributed by atoms with van der Waals surface area (Å²) in [6.45, 7) is 5.75. The third kappa shape index (κ3) is 2.98. The molecule has 1 atom stereocenters. The van der Waals surface area contributed by atoms with Gasteiger partial charge in [-0.1, -0.05) is 24.3 Å². The molecule has 0 bridgehead atoms. The first kappa shape index (κ1) is 14.6. The number of hydrogen-bond acceptors (Lipinski definition) is 2. The summed E-state index contributed by atoms with van der Waals surface area (Å²) in [6, 6.07) is 14.3. The Morgan fingerprint density at radius 2 is 2.00 bits per heavy atom. The maximum absolute atomic E-state index is 12.2. The molecule has 0 saturated heterocycles. The average Bonchev–Trinajstić information content (AvgIpc) is 2.93. The smallest absolute Gasteiger partial charge is 0.251 e. The third-order valence-electron chi connectivity index (χ3n) is 4.49. The molecule has 0 spiro atoms. The zero-order chi connectivity index (χ0) is 15.5. The van der Waals surface area contributed by atoms with E-state index >= 15 is 0 Å². The van der Waals surface area contributed by atoms with Crippen LogP contribution in [0.5, 0.6) is 0 Å². The molecule has 1 aliphatic heterocycles. The van der Waals surface area contributed by atoms with Gasteiger partial charge in [0, 0.05) is 30.3 Å². The summed E-state index contributed by atoms with van der Waals surface area (Å²) < 4.78 is 0. The van der Waals surface area contributed by atoms with Gasteiger partial charge in [-0.3, -0.25) is 4.79 Å². The van der Waals surface area contributed by atoms with Crippen LogP contribution in [0, 0.1) is 13.8 Å². The molecule has 0 aliphatic carbocycles. The Kier molecular flexibility index (Phi) is 4.14. The van der Waals surface area contributed by atoms with E-state index in [0.717, 1.165) is 24.1 Å². The second-order valence-electron chi connectivity index (χ2n) is 6.01. The van der Waals surface area contributed by atoms with Gasteiger partial charge in [0.05, 0.1) is 0 Å². The molecule has 2 N–H and O–H groups in total. The predicted octanol–water partition coefficient (Wildman–Crippen LogP) is 3.63. The number of amides is 1. The Hall–Kier alpha value is -2.29. The zero-order valence-electron chi connectivity index (χ0n) is 13.1. The molecular weight excluding hydrogens is 272 g/mol. The van der Waals surface area contributed by atoms with Crippen LogP contribution in [0.1, 0.15) is 39.4 Å². The Morgan fingerprint density at radius 1 is 1.18 bits per heavy atom. The van der Waals surface area contributed by atoms with E-state index in [9.17, 15) is 4.79 Å². The van der Waals surface area contributed by atoms with Crippen molar-refractivity contribution in [2.75, 3.05) is 18.4 Å². The van der Waals surface area contributed by atoms with Crippen LogP contribution in [-0.2, 0) is 0 Å². The minimum absolute atomic E-state index is 0.0161. The van der Waals surface area contributed by atoms with Gasteiger partial charge in [0.25, 0.3) is 5.91 Å². The molecule has 2 aromatic rings. The van der Waals surface area contributed by atoms with Gasteiger partial charge in [0.2, 0.25) is 0 Å². The lowest BCUT2D eigenvalue weighted by molar-refractivity contribution is 0.0952. The molecule has 0 saturated carbocycles. The molecule has 0 radical (unpaired) electrons. The first-order valence-corrected chi connectivity index (χ1v) is 7.83. The van der Waals surface area contributed by atoms with Crippen LogP contribution in [0.15, 0.2) is 42.5 Å². The second kappa shape index (κ2) is 6.22. The van der Waals surface area contributed by atoms with E-state index in [1.807, 2.05) is 25.1 Å². The summed E-state index contributed by atoms with van der Waals surface area (Å²) in [6.07, 6.45) is 0.959. The molecule has 114 valence electrons. The molecule has 2 aromatic carbocycles. The predicted molar refractivity (Wildman–Crippen MR) is 90.5 cm³/mol. The fourth-order valence-corrected chi connectivity index (χ4v) is 2.96. The topological polar surface area (TPSA) is 41.1 Å². The van der Waals surface area contributed by atoms with Gasteiger partial charge in [-0.2, -0.15) is 0 Å². The molecule has 1 unspecified atom stereocenters. The minimum Gasteiger partial charge on any atom is -0.384 e. The number of anilines is 1. The molecule has 1 aliphatic rings. The third-order valence-corrected chi connectivity index (χ3v) is 4.49. The standard InChI is InChI=1S/C19H22N2O/c1-13-7-8-15(11-14(13)2)19(22)20-10-9-16-12-21-18-6-4-3-5-17(16)18/h3-8,11,16,21H,9-10,12H2,1-2H3,(H,20,22). The SMILES string of the molecule is Cc1ccc(C(=O)NCCC2CNc3ccccc32)cc1C. The van der Waals surface area contributed by atoms with Gasteiger partial charge in [-0.05, 0) is 55.2 Å². The van der Waals surface area contributed by atoms with Crippen LogP contribution in [0.25, 0.3) is 0 Å². The van der Waals surface area contributed by atoms with E-state index < -0.39 is 0 Å². The summed E-state index contributed by atoms with van der Waals surface area (Å²) >= 11 is 0. The van der Waals surface area contributed by atoms with Crippen molar-refractivity contribution in [3.63, 3.8) is 0 Å². The number of rotatable bonds is 4. The van der Waals surface area contributed by atoms with Crippen LogP contribution in [-0.4, -0.2) is 19.0 Å². The monoisotopic (exact) mass is 294 g/mol. The number of carbonyl (C=O) groups excluding carboxylic acids is 1. The molecule has 0 fully saturated rings. The summed E-state index contributed by atoms with van der Waals surface area (Å²) in [5.41, 5.74) is 5.70. The van der Waals surface area contributed by atoms with Gasteiger partial charge in [0.15, 0.2) is 0 Å². The summed E-state index contributed by atoms with van der Waals surface area (Å²) in [5, 5.41) is 6.46. The summed E-state index contributed by atoms with van der Waals surface area (Å²) in [4.78, 5) is 12.2. The number of para-hydroxylation sites is 1. The van der Waals surface area contributed by atoms with Crippen molar-refractivity contribution in [1.82, 2.24) is 5.32 Å². The Labute approximate surface area is 131 Å². The number of nitrogens with one attached hydrogen (secondary N) is 2. The molecular formula is C19H22N2O. The van der Waals surface area contributed by atoms with E-state index in [-0.39, 0.29) is 5.91 Å². The average molecular weight is 294 g/mol. The lowest BCUT2D eigenvalue weighted by atomic mass is 9.98. The van der Waals surface area contributed by atoms with E-state index in [1.165, 1.54) is 16.8 Å². The molecule has 3 nitrogen and oxygen atoms in total. The van der Waals surface area contributed by atoms with E-state index in [4.69, 9.17) is 0 Å². The van der Waals surface area contributed by atoms with Crippen molar-refractivity contribution in [1.29, 1.82) is 0 Å². The second-order valence-corrected chi connectivity index (χ2v) is 6.01. The molecule has 1 amide bonds. The molecule has 3 heteroatoms. The quantitative estimate of drug-likeness (QED) is 0.904. The first-order valence-electron chi connectivity index (χ1n) is 7.83. The highest BCUT2D eigenvalue weighted by atomic mass is 16.1. The van der Waals surface area contributed by atoms with Crippen LogP contribution < -0.4 is 10.6 Å². The highest BCUT2D eigenvalue weighted by Crippen LogP contribution is 2.32. The fraction of sp³-hybridized carbons (Fsp3) is 0.316. The van der Waals surface area contributed by atoms with Gasteiger partial charge in [-0.15, -0.1) is 0 Å². The maximum Gasteiger partial charge on any atom is 0.251 e. The Balaban J connectivity index is 1.55. The summed E-state index contributed by atoms with van der Waals surface area (Å²) in [7, 11) is 0. The molecule has 0 aromatic heterocycles. The van der Waals surface area contributed by atoms with E-state index in [2.05, 4.69) is 41.8 Å². The van der Waals surface area contributed by atoms with Crippen molar-refractivity contribution in [2.24, 2.45) is 0 Å². The van der Waals surface area contributed by atoms with Crippen LogP contribution in [0.3, 0.4) is 0 Å². The normalized spacial score (nSPS) is 16.0. The Morgan fingerprint density at radius 3 is 2.82 bits per heavy atom. The zero-order valence-corrected chi connectivity index (χ0v) is 13.1. The molecule has 3 rings (SSSR count). The Bertz CT molecular complexity index is 694. The van der Waals surface area contributed by atoms with E-state index in [1.54, 1.807) is 0 Å².